The fourth-order valence-corrected chi connectivity index (χ4v) is 1.22. The van der Waals surface area contributed by atoms with Gasteiger partial charge in [0.05, 0.1) is 21.5 Å². The summed E-state index contributed by atoms with van der Waals surface area (Å²) in [6.07, 6.45) is 2.91. The van der Waals surface area contributed by atoms with Crippen molar-refractivity contribution in [3.63, 3.8) is 0 Å². The van der Waals surface area contributed by atoms with E-state index in [1.54, 1.807) is 11.7 Å². The summed E-state index contributed by atoms with van der Waals surface area (Å²) in [5, 5.41) is 8.66. The maximum Gasteiger partial charge on any atom is 0.0928 e. The van der Waals surface area contributed by atoms with Crippen molar-refractivity contribution in [2.24, 2.45) is 0 Å². The molecule has 0 aliphatic carbocycles. The number of allylic oxidation sites excluding steroid dienone is 1. The van der Waals surface area contributed by atoms with Gasteiger partial charge in [0.25, 0.3) is 0 Å². The Hall–Kier alpha value is -0.850. The fraction of sp³-hybridized carbons (Fsp3) is 0. The molecule has 0 aliphatic heterocycles. The van der Waals surface area contributed by atoms with Crippen LogP contribution in [0.5, 0.6) is 0 Å². The molecule has 0 unspecified atom stereocenters. The molecule has 1 aromatic rings. The van der Waals surface area contributed by atoms with Crippen LogP contribution in [0.1, 0.15) is 4.88 Å². The molecule has 0 saturated heterocycles. The van der Waals surface area contributed by atoms with E-state index in [1.807, 2.05) is 6.07 Å². The predicted octanol–water partition coefficient (Wildman–Crippen LogP) is 2.25. The lowest BCUT2D eigenvalue weighted by atomic mass is 10.4. The molecule has 0 saturated carbocycles. The SMILES string of the molecule is N#CC=C(Cl)c1cncs1. The summed E-state index contributed by atoms with van der Waals surface area (Å²) in [6.45, 7) is 0. The van der Waals surface area contributed by atoms with Gasteiger partial charge in [-0.1, -0.05) is 11.6 Å². The van der Waals surface area contributed by atoms with Gasteiger partial charge in [0, 0.05) is 12.3 Å². The van der Waals surface area contributed by atoms with E-state index in [0.717, 1.165) is 4.88 Å². The molecule has 0 amide bonds. The summed E-state index contributed by atoms with van der Waals surface area (Å²) in [7, 11) is 0. The van der Waals surface area contributed by atoms with Gasteiger partial charge in [-0.3, -0.25) is 4.98 Å². The molecule has 4 heteroatoms. The number of nitrogens with zero attached hydrogens (tertiary/aromatic N) is 2. The van der Waals surface area contributed by atoms with Crippen molar-refractivity contribution in [2.75, 3.05) is 0 Å². The zero-order chi connectivity index (χ0) is 7.40. The second-order valence-corrected chi connectivity index (χ2v) is 2.78. The zero-order valence-electron chi connectivity index (χ0n) is 4.91. The van der Waals surface area contributed by atoms with Crippen molar-refractivity contribution in [3.8, 4) is 6.07 Å². The highest BCUT2D eigenvalue weighted by Crippen LogP contribution is 2.21. The number of nitriles is 1. The van der Waals surface area contributed by atoms with Gasteiger partial charge < -0.3 is 0 Å². The maximum atomic E-state index is 8.21. The van der Waals surface area contributed by atoms with Gasteiger partial charge in [0.15, 0.2) is 0 Å². The molecular formula is C6H3ClN2S. The maximum absolute atomic E-state index is 8.21. The molecule has 0 aliphatic rings. The molecule has 0 aromatic carbocycles. The van der Waals surface area contributed by atoms with Gasteiger partial charge in [-0.05, 0) is 0 Å². The monoisotopic (exact) mass is 170 g/mol. The molecule has 50 valence electrons. The second-order valence-electron chi connectivity index (χ2n) is 1.49. The van der Waals surface area contributed by atoms with Crippen molar-refractivity contribution in [2.45, 2.75) is 0 Å². The third-order valence-corrected chi connectivity index (χ3v) is 2.09. The third kappa shape index (κ3) is 1.56. The number of thiazole rings is 1. The molecule has 0 atom stereocenters. The smallest absolute Gasteiger partial charge is 0.0928 e. The first-order valence-electron chi connectivity index (χ1n) is 2.48. The summed E-state index contributed by atoms with van der Waals surface area (Å²) < 4.78 is 0. The lowest BCUT2D eigenvalue weighted by molar-refractivity contribution is 1.42. The molecular weight excluding hydrogens is 168 g/mol. The molecule has 10 heavy (non-hydrogen) atoms. The molecule has 2 nitrogen and oxygen atoms in total. The van der Waals surface area contributed by atoms with Crippen LogP contribution in [0.15, 0.2) is 17.8 Å². The molecule has 0 N–H and O–H groups in total. The van der Waals surface area contributed by atoms with Crippen molar-refractivity contribution >= 4 is 28.0 Å². The van der Waals surface area contributed by atoms with Crippen LogP contribution in [-0.2, 0) is 0 Å². The highest BCUT2D eigenvalue weighted by Gasteiger charge is 1.96. The zero-order valence-corrected chi connectivity index (χ0v) is 6.49. The Bertz CT molecular complexity index is 270. The van der Waals surface area contributed by atoms with Crippen LogP contribution in [0.4, 0.5) is 0 Å². The van der Waals surface area contributed by atoms with Gasteiger partial charge in [-0.25, -0.2) is 0 Å². The van der Waals surface area contributed by atoms with Crippen molar-refractivity contribution in [1.29, 1.82) is 5.26 Å². The number of hydrogen-bond donors (Lipinski definition) is 0. The second kappa shape index (κ2) is 3.35. The highest BCUT2D eigenvalue weighted by atomic mass is 35.5. The topological polar surface area (TPSA) is 36.7 Å². The highest BCUT2D eigenvalue weighted by molar-refractivity contribution is 7.11. The first-order chi connectivity index (χ1) is 4.84. The first-order valence-corrected chi connectivity index (χ1v) is 3.74. The summed E-state index contributed by atoms with van der Waals surface area (Å²) in [6, 6.07) is 1.84. The van der Waals surface area contributed by atoms with Gasteiger partial charge in [-0.2, -0.15) is 5.26 Å². The van der Waals surface area contributed by atoms with E-state index in [4.69, 9.17) is 16.9 Å². The Balaban J connectivity index is 2.90. The summed E-state index contributed by atoms with van der Waals surface area (Å²) >= 11 is 7.07. The summed E-state index contributed by atoms with van der Waals surface area (Å²) in [4.78, 5) is 4.63. The van der Waals surface area contributed by atoms with Crippen molar-refractivity contribution < 1.29 is 0 Å². The third-order valence-electron chi connectivity index (χ3n) is 0.859. The van der Waals surface area contributed by atoms with E-state index in [-0.39, 0.29) is 0 Å². The van der Waals surface area contributed by atoms with Crippen LogP contribution < -0.4 is 0 Å². The standard InChI is InChI=1S/C6H3ClN2S/c7-5(1-2-8)6-3-9-4-10-6/h1,3-4H. The molecule has 0 fully saturated rings. The predicted molar refractivity (Wildman–Crippen MR) is 41.6 cm³/mol. The molecule has 0 radical (unpaired) electrons. The number of halogens is 1. The van der Waals surface area contributed by atoms with E-state index >= 15 is 0 Å². The van der Waals surface area contributed by atoms with Crippen molar-refractivity contribution in [1.82, 2.24) is 4.98 Å². The Morgan fingerprint density at radius 3 is 3.20 bits per heavy atom. The lowest BCUT2D eigenvalue weighted by Gasteiger charge is -1.84. The van der Waals surface area contributed by atoms with Crippen LogP contribution in [0.2, 0.25) is 0 Å². The largest absolute Gasteiger partial charge is 0.252 e. The van der Waals surface area contributed by atoms with Crippen LogP contribution in [0, 0.1) is 11.3 Å². The molecule has 1 aromatic heterocycles. The summed E-state index contributed by atoms with van der Waals surface area (Å²) in [5.74, 6) is 0. The molecule has 0 spiro atoms. The van der Waals surface area contributed by atoms with Gasteiger partial charge >= 0.3 is 0 Å². The van der Waals surface area contributed by atoms with Crippen LogP contribution in [0.3, 0.4) is 0 Å². The number of rotatable bonds is 1. The first kappa shape index (κ1) is 7.26. The molecule has 1 heterocycles. The Kier molecular flexibility index (Phi) is 2.43. The van der Waals surface area contributed by atoms with E-state index in [0.29, 0.717) is 5.03 Å². The minimum Gasteiger partial charge on any atom is -0.252 e. The minimum atomic E-state index is 0.449. The van der Waals surface area contributed by atoms with Crippen LogP contribution in [-0.4, -0.2) is 4.98 Å². The quantitative estimate of drug-likeness (QED) is 0.607. The van der Waals surface area contributed by atoms with Gasteiger partial charge in [-0.15, -0.1) is 11.3 Å². The van der Waals surface area contributed by atoms with E-state index in [9.17, 15) is 0 Å². The Morgan fingerprint density at radius 1 is 1.90 bits per heavy atom. The number of aromatic nitrogens is 1. The molecule has 0 bridgehead atoms. The number of hydrogen-bond acceptors (Lipinski definition) is 3. The Labute approximate surface area is 67.4 Å². The minimum absolute atomic E-state index is 0.449. The van der Waals surface area contributed by atoms with Gasteiger partial charge in [0.1, 0.15) is 0 Å². The van der Waals surface area contributed by atoms with Gasteiger partial charge in [0.2, 0.25) is 0 Å². The van der Waals surface area contributed by atoms with Crippen LogP contribution >= 0.6 is 22.9 Å². The normalized spacial score (nSPS) is 11.0. The molecule has 1 rings (SSSR count). The lowest BCUT2D eigenvalue weighted by Crippen LogP contribution is -1.64. The van der Waals surface area contributed by atoms with E-state index in [1.165, 1.54) is 17.4 Å². The van der Waals surface area contributed by atoms with E-state index < -0.39 is 0 Å². The van der Waals surface area contributed by atoms with Crippen molar-refractivity contribution in [3.05, 3.63) is 22.7 Å². The Morgan fingerprint density at radius 2 is 2.70 bits per heavy atom. The summed E-state index contributed by atoms with van der Waals surface area (Å²) in [5.41, 5.74) is 1.67. The fourth-order valence-electron chi connectivity index (χ4n) is 0.462. The average Bonchev–Trinajstić information content (AvgIpc) is 2.38. The average molecular weight is 171 g/mol. The van der Waals surface area contributed by atoms with E-state index in [2.05, 4.69) is 4.98 Å². The van der Waals surface area contributed by atoms with Crippen LogP contribution in [0.25, 0.3) is 5.03 Å².